The van der Waals surface area contributed by atoms with E-state index < -0.39 is 0 Å². The summed E-state index contributed by atoms with van der Waals surface area (Å²) in [6.07, 6.45) is 6.60. The molecule has 0 saturated carbocycles. The first-order chi connectivity index (χ1) is 5.91. The predicted molar refractivity (Wildman–Crippen MR) is 60.4 cm³/mol. The van der Waals surface area contributed by atoms with Gasteiger partial charge in [-0.3, -0.25) is 0 Å². The second-order valence-electron chi connectivity index (χ2n) is 2.20. The van der Waals surface area contributed by atoms with E-state index in [1.807, 2.05) is 13.8 Å². The molecule has 0 rings (SSSR count). The lowest BCUT2D eigenvalue weighted by Gasteiger charge is -1.93. The zero-order valence-corrected chi connectivity index (χ0v) is 9.23. The molecule has 0 unspecified atom stereocenters. The maximum absolute atomic E-state index is 5.31. The number of rotatable bonds is 5. The van der Waals surface area contributed by atoms with Gasteiger partial charge in [0.15, 0.2) is 0 Å². The van der Waals surface area contributed by atoms with Gasteiger partial charge in [0.25, 0.3) is 0 Å². The van der Waals surface area contributed by atoms with Gasteiger partial charge in [-0.1, -0.05) is 46.5 Å². The molecule has 0 bridgehead atoms. The smallest absolute Gasteiger partial charge is 0.00773 e. The first kappa shape index (κ1) is 17.7. The van der Waals surface area contributed by atoms with Crippen LogP contribution in [0.1, 0.15) is 52.9 Å². The molecule has 0 aliphatic heterocycles. The van der Waals surface area contributed by atoms with Gasteiger partial charge in [0.2, 0.25) is 0 Å². The van der Waals surface area contributed by atoms with Gasteiger partial charge in [-0.2, -0.15) is 0 Å². The lowest BCUT2D eigenvalue weighted by atomic mass is 10.2. The quantitative estimate of drug-likeness (QED) is 0.497. The van der Waals surface area contributed by atoms with Gasteiger partial charge < -0.3 is 5.73 Å². The van der Waals surface area contributed by atoms with Crippen LogP contribution in [0.25, 0.3) is 0 Å². The summed E-state index contributed by atoms with van der Waals surface area (Å²) in [4.78, 5) is 0. The summed E-state index contributed by atoms with van der Waals surface area (Å²) < 4.78 is 0. The van der Waals surface area contributed by atoms with Crippen LogP contribution in [0.2, 0.25) is 0 Å². The Morgan fingerprint density at radius 1 is 0.917 bits per heavy atom. The lowest BCUT2D eigenvalue weighted by molar-refractivity contribution is 0.638. The van der Waals surface area contributed by atoms with Crippen LogP contribution in [0.5, 0.6) is 0 Å². The maximum Gasteiger partial charge on any atom is -0.00773 e. The van der Waals surface area contributed by atoms with Gasteiger partial charge in [-0.25, -0.2) is 0 Å². The fraction of sp³-hybridized carbons (Fsp3) is 0.818. The average Bonchev–Trinajstić information content (AvgIpc) is 2.19. The Morgan fingerprint density at radius 2 is 1.33 bits per heavy atom. The van der Waals surface area contributed by atoms with Crippen LogP contribution in [0.15, 0.2) is 13.2 Å². The summed E-state index contributed by atoms with van der Waals surface area (Å²) in [5, 5.41) is 0. The van der Waals surface area contributed by atoms with Crippen molar-refractivity contribution in [3.63, 3.8) is 0 Å². The van der Waals surface area contributed by atoms with E-state index in [1.165, 1.54) is 32.1 Å². The highest BCUT2D eigenvalue weighted by atomic mass is 14.5. The summed E-state index contributed by atoms with van der Waals surface area (Å²) in [6.45, 7) is 13.1. The normalized spacial score (nSPS) is 7.33. The summed E-state index contributed by atoms with van der Waals surface area (Å²) in [6, 6.07) is 0. The van der Waals surface area contributed by atoms with E-state index in [2.05, 4.69) is 20.1 Å². The second kappa shape index (κ2) is 31.0. The van der Waals surface area contributed by atoms with Crippen LogP contribution in [0.4, 0.5) is 0 Å². The summed E-state index contributed by atoms with van der Waals surface area (Å²) in [5.41, 5.74) is 5.31. The topological polar surface area (TPSA) is 26.0 Å². The average molecular weight is 173 g/mol. The Kier molecular flexibility index (Phi) is 45.7. The van der Waals surface area contributed by atoms with Crippen molar-refractivity contribution in [1.82, 2.24) is 0 Å². The molecule has 1 heteroatoms. The van der Waals surface area contributed by atoms with Crippen molar-refractivity contribution in [3.8, 4) is 0 Å². The molecule has 0 amide bonds. The number of hydrogen-bond donors (Lipinski definition) is 1. The van der Waals surface area contributed by atoms with E-state index in [1.54, 1.807) is 0 Å². The molecule has 76 valence electrons. The predicted octanol–water partition coefficient (Wildman–Crippen LogP) is 3.74. The molecule has 0 aromatic heterocycles. The van der Waals surface area contributed by atoms with Crippen LogP contribution < -0.4 is 5.73 Å². The molecular formula is C11H27N. The van der Waals surface area contributed by atoms with Crippen LogP contribution in [0, 0.1) is 0 Å². The van der Waals surface area contributed by atoms with Crippen LogP contribution in [-0.4, -0.2) is 6.54 Å². The Hall–Kier alpha value is -0.300. The van der Waals surface area contributed by atoms with Crippen molar-refractivity contribution >= 4 is 0 Å². The van der Waals surface area contributed by atoms with Gasteiger partial charge in [-0.05, 0) is 13.0 Å². The highest BCUT2D eigenvalue weighted by Crippen LogP contribution is 2.00. The van der Waals surface area contributed by atoms with Crippen LogP contribution in [0.3, 0.4) is 0 Å². The maximum atomic E-state index is 5.31. The summed E-state index contributed by atoms with van der Waals surface area (Å²) in [5.74, 6) is 0. The largest absolute Gasteiger partial charge is 0.330 e. The minimum atomic E-state index is 0.865. The Bertz CT molecular complexity index is 38.3. The Labute approximate surface area is 79.1 Å². The molecule has 0 spiro atoms. The van der Waals surface area contributed by atoms with E-state index in [0.29, 0.717) is 0 Å². The molecule has 1 nitrogen and oxygen atoms in total. The zero-order chi connectivity index (χ0) is 10.2. The van der Waals surface area contributed by atoms with E-state index in [4.69, 9.17) is 5.73 Å². The third-order valence-electron chi connectivity index (χ3n) is 1.31. The van der Waals surface area contributed by atoms with Crippen LogP contribution in [-0.2, 0) is 0 Å². The molecule has 0 aliphatic rings. The Balaban J connectivity index is -0.000000175. The number of hydrogen-bond acceptors (Lipinski definition) is 1. The van der Waals surface area contributed by atoms with Gasteiger partial charge >= 0.3 is 0 Å². The van der Waals surface area contributed by atoms with E-state index in [-0.39, 0.29) is 0 Å². The molecule has 12 heavy (non-hydrogen) atoms. The van der Waals surface area contributed by atoms with Gasteiger partial charge in [0.1, 0.15) is 0 Å². The van der Waals surface area contributed by atoms with Crippen molar-refractivity contribution in [1.29, 1.82) is 0 Å². The van der Waals surface area contributed by atoms with E-state index in [0.717, 1.165) is 6.54 Å². The molecule has 0 aromatic rings. The molecule has 0 radical (unpaired) electrons. The van der Waals surface area contributed by atoms with Gasteiger partial charge in [-0.15, -0.1) is 13.2 Å². The highest BCUT2D eigenvalue weighted by Gasteiger charge is 1.83. The third-order valence-corrected chi connectivity index (χ3v) is 1.31. The SMILES string of the molecule is C=C.CC.CCCCCCCN. The van der Waals surface area contributed by atoms with Crippen molar-refractivity contribution < 1.29 is 0 Å². The summed E-state index contributed by atoms with van der Waals surface area (Å²) >= 11 is 0. The van der Waals surface area contributed by atoms with Gasteiger partial charge in [0, 0.05) is 0 Å². The fourth-order valence-corrected chi connectivity index (χ4v) is 0.748. The molecule has 0 heterocycles. The van der Waals surface area contributed by atoms with Crippen molar-refractivity contribution in [2.24, 2.45) is 5.73 Å². The minimum absolute atomic E-state index is 0.865. The molecule has 0 aliphatic carbocycles. The molecule has 0 aromatic carbocycles. The molecule has 2 N–H and O–H groups in total. The lowest BCUT2D eigenvalue weighted by Crippen LogP contribution is -1.97. The third kappa shape index (κ3) is 33.2. The van der Waals surface area contributed by atoms with Crippen molar-refractivity contribution in [2.45, 2.75) is 52.9 Å². The highest BCUT2D eigenvalue weighted by molar-refractivity contribution is 4.41. The zero-order valence-electron chi connectivity index (χ0n) is 9.23. The second-order valence-corrected chi connectivity index (χ2v) is 2.20. The fourth-order valence-electron chi connectivity index (χ4n) is 0.748. The van der Waals surface area contributed by atoms with E-state index >= 15 is 0 Å². The number of unbranched alkanes of at least 4 members (excludes halogenated alkanes) is 4. The Morgan fingerprint density at radius 3 is 1.67 bits per heavy atom. The summed E-state index contributed by atoms with van der Waals surface area (Å²) in [7, 11) is 0. The monoisotopic (exact) mass is 173 g/mol. The standard InChI is InChI=1S/C7H17N.C2H6.C2H4/c1-2-3-4-5-6-7-8;2*1-2/h2-8H2,1H3;1-2H3;1-2H2. The van der Waals surface area contributed by atoms with Crippen molar-refractivity contribution in [2.75, 3.05) is 6.54 Å². The van der Waals surface area contributed by atoms with Gasteiger partial charge in [0.05, 0.1) is 0 Å². The van der Waals surface area contributed by atoms with Crippen LogP contribution >= 0.6 is 0 Å². The molecule has 0 atom stereocenters. The first-order valence-corrected chi connectivity index (χ1v) is 5.12. The van der Waals surface area contributed by atoms with E-state index in [9.17, 15) is 0 Å². The molecule has 0 fully saturated rings. The van der Waals surface area contributed by atoms with Crippen molar-refractivity contribution in [3.05, 3.63) is 13.2 Å². The number of nitrogens with two attached hydrogens (primary N) is 1. The minimum Gasteiger partial charge on any atom is -0.330 e. The molecule has 0 saturated heterocycles. The molecular weight excluding hydrogens is 146 g/mol. The first-order valence-electron chi connectivity index (χ1n) is 5.12.